The van der Waals surface area contributed by atoms with Crippen molar-refractivity contribution in [2.45, 2.75) is 9.79 Å². The number of benzene rings is 2. The van der Waals surface area contributed by atoms with E-state index in [0.29, 0.717) is 10.6 Å². The lowest BCUT2D eigenvalue weighted by atomic mass is 10.2. The number of aromatic hydroxyl groups is 1. The highest BCUT2D eigenvalue weighted by Gasteiger charge is 2.17. The van der Waals surface area contributed by atoms with Crippen LogP contribution in [-0.2, 0) is 0 Å². The molecule has 0 radical (unpaired) electrons. The van der Waals surface area contributed by atoms with Crippen LogP contribution in [0.4, 0.5) is 11.4 Å². The average molecular weight is 356 g/mol. The normalized spacial score (nSPS) is 10.4. The van der Waals surface area contributed by atoms with Crippen molar-refractivity contribution in [1.82, 2.24) is 0 Å². The van der Waals surface area contributed by atoms with Crippen molar-refractivity contribution in [3.8, 4) is 5.75 Å². The van der Waals surface area contributed by atoms with E-state index in [1.54, 1.807) is 30.3 Å². The molecule has 0 bridgehead atoms. The van der Waals surface area contributed by atoms with E-state index >= 15 is 0 Å². The highest BCUT2D eigenvalue weighted by Crippen LogP contribution is 2.36. The third-order valence-corrected chi connectivity index (χ3v) is 4.30. The number of hydrogen-bond acceptors (Lipinski definition) is 6. The summed E-state index contributed by atoms with van der Waals surface area (Å²) in [6.07, 6.45) is 1.37. The van der Waals surface area contributed by atoms with Gasteiger partial charge in [0.05, 0.1) is 16.1 Å². The van der Waals surface area contributed by atoms with Crippen LogP contribution in [-0.4, -0.2) is 15.9 Å². The molecule has 0 spiro atoms. The molecule has 1 heterocycles. The molecule has 2 aromatic carbocycles. The predicted molar refractivity (Wildman–Crippen MR) is 92.0 cm³/mol. The molecular formula is C17H12N2O5S. The van der Waals surface area contributed by atoms with Gasteiger partial charge in [-0.25, -0.2) is 0 Å². The van der Waals surface area contributed by atoms with E-state index in [1.807, 2.05) is 0 Å². The number of nitrogens with one attached hydrogen (secondary N) is 1. The Balaban J connectivity index is 1.84. The molecule has 0 fully saturated rings. The lowest BCUT2D eigenvalue weighted by Gasteiger charge is -2.07. The lowest BCUT2D eigenvalue weighted by molar-refractivity contribution is -0.387. The van der Waals surface area contributed by atoms with E-state index in [4.69, 9.17) is 4.42 Å². The second-order valence-corrected chi connectivity index (χ2v) is 6.08. The Labute approximate surface area is 146 Å². The molecule has 2 N–H and O–H groups in total. The van der Waals surface area contributed by atoms with Crippen LogP contribution in [0.5, 0.6) is 5.75 Å². The third-order valence-electron chi connectivity index (χ3n) is 3.22. The first-order valence-electron chi connectivity index (χ1n) is 7.13. The van der Waals surface area contributed by atoms with Crippen molar-refractivity contribution >= 4 is 29.0 Å². The number of anilines is 1. The van der Waals surface area contributed by atoms with Crippen molar-refractivity contribution in [2.24, 2.45) is 0 Å². The molecule has 0 atom stereocenters. The fourth-order valence-corrected chi connectivity index (χ4v) is 2.97. The lowest BCUT2D eigenvalue weighted by Crippen LogP contribution is -2.11. The maximum atomic E-state index is 12.0. The maximum Gasteiger partial charge on any atom is 0.291 e. The number of nitro groups is 1. The third kappa shape index (κ3) is 3.99. The zero-order valence-corrected chi connectivity index (χ0v) is 13.5. The second kappa shape index (κ2) is 7.10. The minimum Gasteiger partial charge on any atom is -0.508 e. The van der Waals surface area contributed by atoms with Gasteiger partial charge in [0.15, 0.2) is 5.76 Å². The molecule has 3 rings (SSSR count). The first-order chi connectivity index (χ1) is 12.0. The van der Waals surface area contributed by atoms with Crippen molar-refractivity contribution in [1.29, 1.82) is 0 Å². The van der Waals surface area contributed by atoms with Gasteiger partial charge in [0.2, 0.25) is 0 Å². The van der Waals surface area contributed by atoms with Crippen LogP contribution in [0.25, 0.3) is 0 Å². The summed E-state index contributed by atoms with van der Waals surface area (Å²) in [5, 5.41) is 23.2. The molecule has 0 aliphatic rings. The number of amides is 1. The molecule has 1 amide bonds. The molecule has 25 heavy (non-hydrogen) atoms. The fraction of sp³-hybridized carbons (Fsp3) is 0. The number of hydrogen-bond donors (Lipinski definition) is 2. The Hall–Kier alpha value is -3.26. The Morgan fingerprint density at radius 2 is 1.92 bits per heavy atom. The molecule has 126 valence electrons. The van der Waals surface area contributed by atoms with Crippen LogP contribution in [0.15, 0.2) is 75.1 Å². The number of phenolic OH excluding ortho intramolecular Hbond substituents is 1. The zero-order chi connectivity index (χ0) is 17.8. The first-order valence-corrected chi connectivity index (χ1v) is 7.95. The summed E-state index contributed by atoms with van der Waals surface area (Å²) < 4.78 is 4.99. The van der Waals surface area contributed by atoms with Gasteiger partial charge < -0.3 is 14.8 Å². The smallest absolute Gasteiger partial charge is 0.291 e. The van der Waals surface area contributed by atoms with Gasteiger partial charge >= 0.3 is 0 Å². The zero-order valence-electron chi connectivity index (χ0n) is 12.7. The molecule has 8 heteroatoms. The number of carbonyl (C=O) groups excluding carboxylic acids is 1. The van der Waals surface area contributed by atoms with Crippen LogP contribution in [0.1, 0.15) is 10.6 Å². The molecule has 0 saturated carbocycles. The number of nitrogens with zero attached hydrogens (tertiary/aromatic N) is 1. The maximum absolute atomic E-state index is 12.0. The summed E-state index contributed by atoms with van der Waals surface area (Å²) in [5.74, 6) is -0.252. The number of carbonyl (C=O) groups is 1. The van der Waals surface area contributed by atoms with Crippen molar-refractivity contribution in [3.63, 3.8) is 0 Å². The topological polar surface area (TPSA) is 106 Å². The molecule has 0 saturated heterocycles. The Bertz CT molecular complexity index is 907. The molecule has 1 aromatic heterocycles. The Morgan fingerprint density at radius 1 is 1.16 bits per heavy atom. The highest BCUT2D eigenvalue weighted by molar-refractivity contribution is 7.99. The van der Waals surface area contributed by atoms with E-state index in [-0.39, 0.29) is 17.2 Å². The van der Waals surface area contributed by atoms with E-state index in [9.17, 15) is 20.0 Å². The summed E-state index contributed by atoms with van der Waals surface area (Å²) >= 11 is 1.19. The monoisotopic (exact) mass is 356 g/mol. The van der Waals surface area contributed by atoms with Gasteiger partial charge in [-0.05, 0) is 48.5 Å². The van der Waals surface area contributed by atoms with Gasteiger partial charge in [-0.3, -0.25) is 14.9 Å². The van der Waals surface area contributed by atoms with Crippen molar-refractivity contribution < 1.29 is 19.2 Å². The van der Waals surface area contributed by atoms with Crippen LogP contribution in [0.2, 0.25) is 0 Å². The standard InChI is InChI=1S/C17H12N2O5S/c20-12-4-6-13(7-5-12)25-16-8-3-11(10-14(16)19(22)23)18-17(21)15-2-1-9-24-15/h1-10,20H,(H,18,21). The van der Waals surface area contributed by atoms with Gasteiger partial charge in [0.1, 0.15) is 5.75 Å². The minimum absolute atomic E-state index is 0.116. The SMILES string of the molecule is O=C(Nc1ccc(Sc2ccc(O)cc2)c([N+](=O)[O-])c1)c1ccco1. The van der Waals surface area contributed by atoms with Crippen LogP contribution >= 0.6 is 11.8 Å². The highest BCUT2D eigenvalue weighted by atomic mass is 32.2. The molecule has 0 unspecified atom stereocenters. The second-order valence-electron chi connectivity index (χ2n) is 4.97. The molecule has 3 aromatic rings. The van der Waals surface area contributed by atoms with Gasteiger partial charge in [0, 0.05) is 16.6 Å². The molecule has 7 nitrogen and oxygen atoms in total. The number of phenols is 1. The number of nitro benzene ring substituents is 1. The van der Waals surface area contributed by atoms with E-state index in [0.717, 1.165) is 4.90 Å². The quantitative estimate of drug-likeness (QED) is 0.521. The van der Waals surface area contributed by atoms with Gasteiger partial charge in [-0.15, -0.1) is 0 Å². The summed E-state index contributed by atoms with van der Waals surface area (Å²) in [7, 11) is 0. The Morgan fingerprint density at radius 3 is 2.56 bits per heavy atom. The average Bonchev–Trinajstić information content (AvgIpc) is 3.13. The fourth-order valence-electron chi connectivity index (χ4n) is 2.07. The van der Waals surface area contributed by atoms with E-state index in [2.05, 4.69) is 5.32 Å². The summed E-state index contributed by atoms with van der Waals surface area (Å²) in [4.78, 5) is 24.0. The van der Waals surface area contributed by atoms with Crippen LogP contribution < -0.4 is 5.32 Å². The van der Waals surface area contributed by atoms with Crippen LogP contribution in [0, 0.1) is 10.1 Å². The molecular weight excluding hydrogens is 344 g/mol. The minimum atomic E-state index is -0.509. The Kier molecular flexibility index (Phi) is 4.71. The predicted octanol–water partition coefficient (Wildman–Crippen LogP) is 4.30. The molecule has 0 aliphatic carbocycles. The van der Waals surface area contributed by atoms with Crippen molar-refractivity contribution in [3.05, 3.63) is 76.7 Å². The van der Waals surface area contributed by atoms with E-state index in [1.165, 1.54) is 42.3 Å². The largest absolute Gasteiger partial charge is 0.508 e. The van der Waals surface area contributed by atoms with Crippen molar-refractivity contribution in [2.75, 3.05) is 5.32 Å². The number of rotatable bonds is 5. The summed E-state index contributed by atoms with van der Waals surface area (Å²) in [5.41, 5.74) is 0.165. The van der Waals surface area contributed by atoms with Crippen LogP contribution in [0.3, 0.4) is 0 Å². The number of furan rings is 1. The van der Waals surface area contributed by atoms with Gasteiger partial charge in [-0.2, -0.15) is 0 Å². The van der Waals surface area contributed by atoms with Gasteiger partial charge in [0.25, 0.3) is 11.6 Å². The summed E-state index contributed by atoms with van der Waals surface area (Å²) in [6, 6.07) is 13.9. The summed E-state index contributed by atoms with van der Waals surface area (Å²) in [6.45, 7) is 0. The first kappa shape index (κ1) is 16.6. The van der Waals surface area contributed by atoms with Gasteiger partial charge in [-0.1, -0.05) is 11.8 Å². The molecule has 0 aliphatic heterocycles. The van der Waals surface area contributed by atoms with E-state index < -0.39 is 10.8 Å².